The van der Waals surface area contributed by atoms with Crippen LogP contribution in [0.25, 0.3) is 0 Å². The smallest absolute Gasteiger partial charge is 0.404 e. The predicted octanol–water partition coefficient (Wildman–Crippen LogP) is 7.20. The lowest BCUT2D eigenvalue weighted by molar-refractivity contribution is 0.158. The molecule has 160 valence electrons. The fraction of sp³-hybridized carbons (Fsp3) is 0.870. The van der Waals surface area contributed by atoms with Gasteiger partial charge in [0.25, 0.3) is 0 Å². The Morgan fingerprint density at radius 1 is 0.926 bits per heavy atom. The van der Waals surface area contributed by atoms with Crippen molar-refractivity contribution in [2.24, 2.45) is 23.5 Å². The number of hydrogen-bond donors (Lipinski definition) is 1. The quantitative estimate of drug-likeness (QED) is 0.263. The number of rotatable bonds is 17. The van der Waals surface area contributed by atoms with E-state index >= 15 is 0 Å². The van der Waals surface area contributed by atoms with E-state index in [0.717, 1.165) is 36.3 Å². The molecule has 0 aromatic heterocycles. The van der Waals surface area contributed by atoms with Crippen molar-refractivity contribution in [2.45, 2.75) is 91.9 Å². The van der Waals surface area contributed by atoms with E-state index in [1.807, 2.05) is 11.8 Å². The standard InChI is InChI=1S/C23H45NO2S/c1-19(2)9-6-10-20(3)11-7-12-21(4)13-8-14-22(16-18-27-5)15-17-26-23(24)25/h16,19-21H,6-15,17-18H2,1-5H3,(H2,24,25)/b22-16-. The van der Waals surface area contributed by atoms with Crippen molar-refractivity contribution in [3.8, 4) is 0 Å². The van der Waals surface area contributed by atoms with Gasteiger partial charge in [0, 0.05) is 12.2 Å². The summed E-state index contributed by atoms with van der Waals surface area (Å²) in [5.41, 5.74) is 6.44. The first-order chi connectivity index (χ1) is 12.8. The molecule has 0 aromatic rings. The van der Waals surface area contributed by atoms with Crippen molar-refractivity contribution in [3.63, 3.8) is 0 Å². The zero-order valence-electron chi connectivity index (χ0n) is 18.6. The topological polar surface area (TPSA) is 52.3 Å². The van der Waals surface area contributed by atoms with Crippen LogP contribution >= 0.6 is 11.8 Å². The van der Waals surface area contributed by atoms with Gasteiger partial charge in [0.2, 0.25) is 0 Å². The molecule has 0 spiro atoms. The monoisotopic (exact) mass is 399 g/mol. The highest BCUT2D eigenvalue weighted by atomic mass is 32.2. The van der Waals surface area contributed by atoms with Gasteiger partial charge in [-0.25, -0.2) is 4.79 Å². The van der Waals surface area contributed by atoms with Crippen molar-refractivity contribution < 1.29 is 9.53 Å². The Bertz CT molecular complexity index is 396. The first kappa shape index (κ1) is 26.4. The molecular weight excluding hydrogens is 354 g/mol. The van der Waals surface area contributed by atoms with Gasteiger partial charge in [-0.3, -0.25) is 0 Å². The molecular formula is C23H45NO2S. The molecule has 0 rings (SSSR count). The fourth-order valence-corrected chi connectivity index (χ4v) is 3.87. The van der Waals surface area contributed by atoms with Crippen LogP contribution in [-0.2, 0) is 4.74 Å². The highest BCUT2D eigenvalue weighted by molar-refractivity contribution is 7.98. The molecule has 0 aromatic carbocycles. The summed E-state index contributed by atoms with van der Waals surface area (Å²) >= 11 is 1.82. The van der Waals surface area contributed by atoms with E-state index in [1.54, 1.807) is 0 Å². The van der Waals surface area contributed by atoms with Gasteiger partial charge in [0.1, 0.15) is 0 Å². The second-order valence-electron chi connectivity index (χ2n) is 8.59. The van der Waals surface area contributed by atoms with Gasteiger partial charge >= 0.3 is 6.09 Å². The SMILES string of the molecule is CSC/C=C(/CCCC(C)CCCC(C)CCCC(C)C)CCOC(N)=O. The van der Waals surface area contributed by atoms with Gasteiger partial charge in [-0.05, 0) is 36.9 Å². The Kier molecular flexibility index (Phi) is 17.0. The van der Waals surface area contributed by atoms with Gasteiger partial charge in [0.05, 0.1) is 6.61 Å². The molecule has 0 aliphatic rings. The number of carbonyl (C=O) groups is 1. The first-order valence-corrected chi connectivity index (χ1v) is 12.3. The van der Waals surface area contributed by atoms with Gasteiger partial charge in [-0.2, -0.15) is 11.8 Å². The molecule has 2 N–H and O–H groups in total. The molecule has 0 radical (unpaired) electrons. The highest BCUT2D eigenvalue weighted by Crippen LogP contribution is 2.22. The van der Waals surface area contributed by atoms with Crippen molar-refractivity contribution in [3.05, 3.63) is 11.6 Å². The van der Waals surface area contributed by atoms with Crippen molar-refractivity contribution in [1.82, 2.24) is 0 Å². The number of thioether (sulfide) groups is 1. The molecule has 1 amide bonds. The molecule has 2 unspecified atom stereocenters. The number of carbonyl (C=O) groups excluding carboxylic acids is 1. The fourth-order valence-electron chi connectivity index (χ4n) is 3.47. The number of amides is 1. The number of ether oxygens (including phenoxy) is 1. The van der Waals surface area contributed by atoms with E-state index < -0.39 is 6.09 Å². The normalized spacial score (nSPS) is 14.4. The molecule has 3 nitrogen and oxygen atoms in total. The summed E-state index contributed by atoms with van der Waals surface area (Å²) < 4.78 is 4.89. The summed E-state index contributed by atoms with van der Waals surface area (Å²) in [4.78, 5) is 10.7. The Morgan fingerprint density at radius 3 is 2.00 bits per heavy atom. The van der Waals surface area contributed by atoms with E-state index in [1.165, 1.54) is 56.9 Å². The van der Waals surface area contributed by atoms with Crippen LogP contribution in [0.3, 0.4) is 0 Å². The Labute approximate surface area is 173 Å². The third-order valence-electron chi connectivity index (χ3n) is 5.27. The summed E-state index contributed by atoms with van der Waals surface area (Å²) in [6, 6.07) is 0. The Balaban J connectivity index is 3.89. The lowest BCUT2D eigenvalue weighted by Gasteiger charge is -2.15. The zero-order valence-corrected chi connectivity index (χ0v) is 19.4. The van der Waals surface area contributed by atoms with Crippen molar-refractivity contribution in [1.29, 1.82) is 0 Å². The molecule has 0 bridgehead atoms. The van der Waals surface area contributed by atoms with Crippen LogP contribution in [0.2, 0.25) is 0 Å². The molecule has 27 heavy (non-hydrogen) atoms. The zero-order chi connectivity index (χ0) is 20.5. The van der Waals surface area contributed by atoms with E-state index in [-0.39, 0.29) is 0 Å². The van der Waals surface area contributed by atoms with Crippen LogP contribution < -0.4 is 5.73 Å². The maximum atomic E-state index is 10.7. The second kappa shape index (κ2) is 17.5. The molecule has 2 atom stereocenters. The number of primary amides is 1. The van der Waals surface area contributed by atoms with Crippen LogP contribution in [-0.4, -0.2) is 24.7 Å². The highest BCUT2D eigenvalue weighted by Gasteiger charge is 2.07. The second-order valence-corrected chi connectivity index (χ2v) is 9.50. The molecule has 0 fully saturated rings. The minimum absolute atomic E-state index is 0.403. The summed E-state index contributed by atoms with van der Waals surface area (Å²) in [5.74, 6) is 3.55. The third kappa shape index (κ3) is 18.5. The average Bonchev–Trinajstić information content (AvgIpc) is 2.58. The summed E-state index contributed by atoms with van der Waals surface area (Å²) in [6.45, 7) is 9.85. The summed E-state index contributed by atoms with van der Waals surface area (Å²) in [6.07, 6.45) is 16.4. The van der Waals surface area contributed by atoms with Gasteiger partial charge in [-0.15, -0.1) is 0 Å². The van der Waals surface area contributed by atoms with Crippen LogP contribution in [0.1, 0.15) is 91.9 Å². The molecule has 4 heteroatoms. The minimum atomic E-state index is -0.675. The summed E-state index contributed by atoms with van der Waals surface area (Å²) in [5, 5.41) is 0. The van der Waals surface area contributed by atoms with E-state index in [9.17, 15) is 4.79 Å². The number of hydrogen-bond acceptors (Lipinski definition) is 3. The Morgan fingerprint density at radius 2 is 1.48 bits per heavy atom. The van der Waals surface area contributed by atoms with Crippen LogP contribution in [0.4, 0.5) is 4.79 Å². The van der Waals surface area contributed by atoms with E-state index in [2.05, 4.69) is 40.0 Å². The lowest BCUT2D eigenvalue weighted by Crippen LogP contribution is -2.14. The summed E-state index contributed by atoms with van der Waals surface area (Å²) in [7, 11) is 0. The number of nitrogens with two attached hydrogens (primary N) is 1. The van der Waals surface area contributed by atoms with E-state index in [4.69, 9.17) is 10.5 Å². The molecule has 0 aliphatic carbocycles. The first-order valence-electron chi connectivity index (χ1n) is 10.9. The van der Waals surface area contributed by atoms with Crippen LogP contribution in [0.5, 0.6) is 0 Å². The van der Waals surface area contributed by atoms with Gasteiger partial charge in [-0.1, -0.05) is 84.3 Å². The predicted molar refractivity (Wildman–Crippen MR) is 121 cm³/mol. The van der Waals surface area contributed by atoms with Crippen molar-refractivity contribution >= 4 is 17.9 Å². The van der Waals surface area contributed by atoms with E-state index in [0.29, 0.717) is 6.61 Å². The largest absolute Gasteiger partial charge is 0.449 e. The molecule has 0 aliphatic heterocycles. The lowest BCUT2D eigenvalue weighted by atomic mass is 9.91. The van der Waals surface area contributed by atoms with Crippen LogP contribution in [0, 0.1) is 17.8 Å². The third-order valence-corrected chi connectivity index (χ3v) is 5.77. The Hall–Kier alpha value is -0.640. The maximum Gasteiger partial charge on any atom is 0.404 e. The minimum Gasteiger partial charge on any atom is -0.449 e. The molecule has 0 heterocycles. The van der Waals surface area contributed by atoms with Gasteiger partial charge in [0.15, 0.2) is 0 Å². The molecule has 0 saturated heterocycles. The van der Waals surface area contributed by atoms with Crippen molar-refractivity contribution in [2.75, 3.05) is 18.6 Å². The molecule has 0 saturated carbocycles. The van der Waals surface area contributed by atoms with Crippen LogP contribution in [0.15, 0.2) is 11.6 Å². The van der Waals surface area contributed by atoms with Gasteiger partial charge < -0.3 is 10.5 Å². The maximum absolute atomic E-state index is 10.7. The average molecular weight is 400 g/mol.